The van der Waals surface area contributed by atoms with Crippen LogP contribution in [0.15, 0.2) is 47.9 Å². The van der Waals surface area contributed by atoms with Crippen LogP contribution in [0, 0.1) is 0 Å². The van der Waals surface area contributed by atoms with Gasteiger partial charge >= 0.3 is 0 Å². The second kappa shape index (κ2) is 8.62. The number of hydrogen-bond donors (Lipinski definition) is 1. The molecule has 1 N–H and O–H groups in total. The Bertz CT molecular complexity index is 874. The van der Waals surface area contributed by atoms with Gasteiger partial charge in [0.05, 0.1) is 5.75 Å². The molecule has 3 aromatic rings. The largest absolute Gasteiger partial charge is 0.325 e. The number of carbonyl (C=O) groups is 1. The number of nitrogens with one attached hydrogen (secondary N) is 1. The lowest BCUT2D eigenvalue weighted by atomic mass is 10.3. The molecule has 0 atom stereocenters. The Morgan fingerprint density at radius 1 is 1.15 bits per heavy atom. The highest BCUT2D eigenvalue weighted by molar-refractivity contribution is 7.99. The van der Waals surface area contributed by atoms with Crippen LogP contribution in [0.5, 0.6) is 0 Å². The number of benzene rings is 1. The first-order valence-electron chi connectivity index (χ1n) is 8.03. The predicted molar refractivity (Wildman–Crippen MR) is 105 cm³/mol. The van der Waals surface area contributed by atoms with Gasteiger partial charge in [-0.3, -0.25) is 9.47 Å². The fourth-order valence-electron chi connectivity index (χ4n) is 2.41. The molecule has 0 saturated heterocycles. The molecule has 0 saturated carbocycles. The van der Waals surface area contributed by atoms with Crippen LogP contribution in [0.4, 0.5) is 5.69 Å². The maximum absolute atomic E-state index is 12.3. The zero-order valence-corrected chi connectivity index (χ0v) is 16.4. The number of rotatable bonds is 7. The Morgan fingerprint density at radius 2 is 1.85 bits per heavy atom. The van der Waals surface area contributed by atoms with Gasteiger partial charge in [-0.2, -0.15) is 0 Å². The molecule has 26 heavy (non-hydrogen) atoms. The van der Waals surface area contributed by atoms with Gasteiger partial charge in [-0.05, 0) is 36.8 Å². The normalized spacial score (nSPS) is 10.9. The van der Waals surface area contributed by atoms with E-state index in [9.17, 15) is 4.79 Å². The van der Waals surface area contributed by atoms with Gasteiger partial charge in [0.2, 0.25) is 11.1 Å². The highest BCUT2D eigenvalue weighted by Crippen LogP contribution is 2.23. The molecule has 1 aromatic carbocycles. The van der Waals surface area contributed by atoms with Gasteiger partial charge < -0.3 is 5.32 Å². The van der Waals surface area contributed by atoms with Crippen LogP contribution >= 0.6 is 35.0 Å². The number of thioether (sulfide) groups is 1. The van der Waals surface area contributed by atoms with Crippen LogP contribution in [-0.2, 0) is 11.2 Å². The summed E-state index contributed by atoms with van der Waals surface area (Å²) in [7, 11) is 0. The summed E-state index contributed by atoms with van der Waals surface area (Å²) in [5, 5.41) is 12.9. The molecule has 0 aliphatic carbocycles. The van der Waals surface area contributed by atoms with Gasteiger partial charge in [0.1, 0.15) is 0 Å². The molecule has 0 unspecified atom stereocenters. The zero-order chi connectivity index (χ0) is 18.5. The van der Waals surface area contributed by atoms with E-state index in [1.54, 1.807) is 18.2 Å². The number of carbonyl (C=O) groups excluding carboxylic acids is 1. The third-order valence-electron chi connectivity index (χ3n) is 3.45. The number of nitrogens with zero attached hydrogens (tertiary/aromatic N) is 4. The second-order valence-corrected chi connectivity index (χ2v) is 7.33. The van der Waals surface area contributed by atoms with Crippen molar-refractivity contribution in [2.75, 3.05) is 11.1 Å². The van der Waals surface area contributed by atoms with Crippen molar-refractivity contribution in [2.45, 2.75) is 24.9 Å². The van der Waals surface area contributed by atoms with E-state index in [0.29, 0.717) is 20.9 Å². The van der Waals surface area contributed by atoms with E-state index in [0.717, 1.165) is 18.7 Å². The Labute approximate surface area is 165 Å². The summed E-state index contributed by atoms with van der Waals surface area (Å²) in [4.78, 5) is 12.3. The maximum Gasteiger partial charge on any atom is 0.234 e. The molecule has 0 bridgehead atoms. The SMILES string of the molecule is CCCc1nnc(SCC(=O)Nc2cc(Cl)cc(Cl)c2)n1-n1cccc1. The molecule has 136 valence electrons. The van der Waals surface area contributed by atoms with Crippen LogP contribution in [0.3, 0.4) is 0 Å². The summed E-state index contributed by atoms with van der Waals surface area (Å²) in [5.74, 6) is 0.871. The first kappa shape index (κ1) is 18.8. The molecular formula is C17H17Cl2N5OS. The summed E-state index contributed by atoms with van der Waals surface area (Å²) in [6.45, 7) is 2.09. The fraction of sp³-hybridized carbons (Fsp3) is 0.235. The van der Waals surface area contributed by atoms with Crippen LogP contribution < -0.4 is 5.32 Å². The minimum atomic E-state index is -0.174. The number of halogens is 2. The molecule has 0 fully saturated rings. The lowest BCUT2D eigenvalue weighted by Gasteiger charge is -2.11. The molecule has 0 radical (unpaired) electrons. The lowest BCUT2D eigenvalue weighted by Crippen LogP contribution is -2.16. The minimum absolute atomic E-state index is 0.174. The fourth-order valence-corrected chi connectivity index (χ4v) is 3.69. The van der Waals surface area contributed by atoms with E-state index in [2.05, 4.69) is 22.4 Å². The van der Waals surface area contributed by atoms with Gasteiger partial charge in [0.25, 0.3) is 0 Å². The summed E-state index contributed by atoms with van der Waals surface area (Å²) in [5.41, 5.74) is 0.562. The Hall–Kier alpha value is -1.96. The van der Waals surface area contributed by atoms with E-state index < -0.39 is 0 Å². The van der Waals surface area contributed by atoms with Crippen molar-refractivity contribution >= 4 is 46.6 Å². The molecule has 1 amide bonds. The molecule has 0 aliphatic rings. The molecule has 2 heterocycles. The Morgan fingerprint density at radius 3 is 2.50 bits per heavy atom. The predicted octanol–water partition coefficient (Wildman–Crippen LogP) is 4.38. The minimum Gasteiger partial charge on any atom is -0.325 e. The van der Waals surface area contributed by atoms with Crippen molar-refractivity contribution < 1.29 is 4.79 Å². The highest BCUT2D eigenvalue weighted by Gasteiger charge is 2.15. The Kier molecular flexibility index (Phi) is 6.24. The third-order valence-corrected chi connectivity index (χ3v) is 4.80. The Balaban J connectivity index is 1.70. The summed E-state index contributed by atoms with van der Waals surface area (Å²) >= 11 is 13.2. The van der Waals surface area contributed by atoms with Crippen molar-refractivity contribution in [1.82, 2.24) is 19.5 Å². The molecule has 0 aliphatic heterocycles. The second-order valence-electron chi connectivity index (χ2n) is 5.52. The molecule has 3 rings (SSSR count). The quantitative estimate of drug-likeness (QED) is 0.587. The average Bonchev–Trinajstić information content (AvgIpc) is 3.21. The smallest absolute Gasteiger partial charge is 0.234 e. The number of amides is 1. The number of aryl methyl sites for hydroxylation is 1. The van der Waals surface area contributed by atoms with Gasteiger partial charge in [0, 0.05) is 34.5 Å². The molecular weight excluding hydrogens is 393 g/mol. The van der Waals surface area contributed by atoms with Gasteiger partial charge in [0.15, 0.2) is 5.82 Å². The standard InChI is InChI=1S/C17H17Cl2N5OS/c1-2-5-15-21-22-17(24(15)23-6-3-4-7-23)26-11-16(25)20-14-9-12(18)8-13(19)10-14/h3-4,6-10H,2,5,11H2,1H3,(H,20,25). The first-order valence-corrected chi connectivity index (χ1v) is 9.77. The van der Waals surface area contributed by atoms with Crippen molar-refractivity contribution in [3.05, 3.63) is 58.6 Å². The van der Waals surface area contributed by atoms with Gasteiger partial charge in [-0.25, -0.2) is 4.68 Å². The third kappa shape index (κ3) is 4.60. The highest BCUT2D eigenvalue weighted by atomic mass is 35.5. The van der Waals surface area contributed by atoms with E-state index in [-0.39, 0.29) is 11.7 Å². The summed E-state index contributed by atoms with van der Waals surface area (Å²) in [6.07, 6.45) is 5.60. The molecule has 9 heteroatoms. The van der Waals surface area contributed by atoms with Crippen LogP contribution in [0.1, 0.15) is 19.2 Å². The van der Waals surface area contributed by atoms with Crippen molar-refractivity contribution in [3.63, 3.8) is 0 Å². The average molecular weight is 410 g/mol. The van der Waals surface area contributed by atoms with Crippen LogP contribution in [0.2, 0.25) is 10.0 Å². The summed E-state index contributed by atoms with van der Waals surface area (Å²) in [6, 6.07) is 8.78. The molecule has 6 nitrogen and oxygen atoms in total. The summed E-state index contributed by atoms with van der Waals surface area (Å²) < 4.78 is 3.82. The number of anilines is 1. The maximum atomic E-state index is 12.3. The van der Waals surface area contributed by atoms with E-state index in [1.807, 2.05) is 33.9 Å². The number of hydrogen-bond acceptors (Lipinski definition) is 4. The zero-order valence-electron chi connectivity index (χ0n) is 14.0. The molecule has 0 spiro atoms. The monoisotopic (exact) mass is 409 g/mol. The molecule has 2 aromatic heterocycles. The van der Waals surface area contributed by atoms with Crippen LogP contribution in [0.25, 0.3) is 0 Å². The first-order chi connectivity index (χ1) is 12.6. The number of aromatic nitrogens is 4. The lowest BCUT2D eigenvalue weighted by molar-refractivity contribution is -0.113. The van der Waals surface area contributed by atoms with Crippen LogP contribution in [-0.4, -0.2) is 31.2 Å². The van der Waals surface area contributed by atoms with Crippen molar-refractivity contribution in [1.29, 1.82) is 0 Å². The topological polar surface area (TPSA) is 64.7 Å². The van der Waals surface area contributed by atoms with Gasteiger partial charge in [-0.1, -0.05) is 41.9 Å². The van der Waals surface area contributed by atoms with Crippen molar-refractivity contribution in [2.24, 2.45) is 0 Å². The van der Waals surface area contributed by atoms with E-state index in [4.69, 9.17) is 23.2 Å². The van der Waals surface area contributed by atoms with Crippen molar-refractivity contribution in [3.8, 4) is 0 Å². The van der Waals surface area contributed by atoms with E-state index >= 15 is 0 Å². The van der Waals surface area contributed by atoms with E-state index in [1.165, 1.54) is 11.8 Å². The van der Waals surface area contributed by atoms with Gasteiger partial charge in [-0.15, -0.1) is 10.2 Å².